The average Bonchev–Trinajstić information content (AvgIpc) is 2.76. The molecule has 184 valence electrons. The van der Waals surface area contributed by atoms with Crippen LogP contribution in [0.15, 0.2) is 0 Å². The van der Waals surface area contributed by atoms with Gasteiger partial charge in [-0.3, -0.25) is 9.59 Å². The molecule has 0 bridgehead atoms. The zero-order valence-electron chi connectivity index (χ0n) is 20.6. The van der Waals surface area contributed by atoms with E-state index in [1.54, 1.807) is 0 Å². The standard InChI is InChI=1S/C27H52O4/c1-31-27(30)25-23-21-19-17-15-13-11-9-7-5-3-2-4-6-8-10-12-14-16-18-20-22-24-26(28)29/h2-25H2,1H3,(H,28,29). The minimum absolute atomic E-state index is 0.0743. The normalized spacial score (nSPS) is 11.0. The van der Waals surface area contributed by atoms with Gasteiger partial charge in [0.05, 0.1) is 7.11 Å². The van der Waals surface area contributed by atoms with Crippen molar-refractivity contribution in [2.75, 3.05) is 7.11 Å². The van der Waals surface area contributed by atoms with Crippen molar-refractivity contribution in [3.05, 3.63) is 0 Å². The SMILES string of the molecule is COC(=O)CCCCCCCCCCCCCCCCCCCCCCCCC(=O)O. The number of carbonyl (C=O) groups is 2. The molecule has 0 aliphatic heterocycles. The maximum Gasteiger partial charge on any atom is 0.305 e. The highest BCUT2D eigenvalue weighted by Gasteiger charge is 1.99. The average molecular weight is 441 g/mol. The maximum absolute atomic E-state index is 11.0. The van der Waals surface area contributed by atoms with Crippen LogP contribution in [-0.2, 0) is 14.3 Å². The van der Waals surface area contributed by atoms with Gasteiger partial charge in [-0.2, -0.15) is 0 Å². The van der Waals surface area contributed by atoms with Crippen molar-refractivity contribution in [3.8, 4) is 0 Å². The number of esters is 1. The second-order valence-corrected chi connectivity index (χ2v) is 9.25. The Morgan fingerprint density at radius 3 is 0.903 bits per heavy atom. The van der Waals surface area contributed by atoms with Gasteiger partial charge < -0.3 is 9.84 Å². The van der Waals surface area contributed by atoms with Gasteiger partial charge in [-0.15, -0.1) is 0 Å². The highest BCUT2D eigenvalue weighted by atomic mass is 16.5. The highest BCUT2D eigenvalue weighted by molar-refractivity contribution is 5.69. The van der Waals surface area contributed by atoms with E-state index in [1.165, 1.54) is 123 Å². The van der Waals surface area contributed by atoms with E-state index in [2.05, 4.69) is 4.74 Å². The molecule has 0 saturated carbocycles. The molecule has 4 heteroatoms. The van der Waals surface area contributed by atoms with Gasteiger partial charge in [0.15, 0.2) is 0 Å². The summed E-state index contributed by atoms with van der Waals surface area (Å²) in [6, 6.07) is 0. The van der Waals surface area contributed by atoms with E-state index in [0.29, 0.717) is 12.8 Å². The summed E-state index contributed by atoms with van der Waals surface area (Å²) in [7, 11) is 1.46. The first-order valence-corrected chi connectivity index (χ1v) is 13.5. The second-order valence-electron chi connectivity index (χ2n) is 9.25. The Hall–Kier alpha value is -1.06. The maximum atomic E-state index is 11.0. The zero-order chi connectivity index (χ0) is 22.8. The van der Waals surface area contributed by atoms with Crippen molar-refractivity contribution in [3.63, 3.8) is 0 Å². The van der Waals surface area contributed by atoms with Crippen molar-refractivity contribution in [2.45, 2.75) is 154 Å². The third-order valence-corrected chi connectivity index (χ3v) is 6.25. The van der Waals surface area contributed by atoms with Gasteiger partial charge >= 0.3 is 11.9 Å². The summed E-state index contributed by atoms with van der Waals surface area (Å²) in [6.07, 6.45) is 29.4. The van der Waals surface area contributed by atoms with Crippen molar-refractivity contribution >= 4 is 11.9 Å². The molecule has 1 N–H and O–H groups in total. The fourth-order valence-corrected chi connectivity index (χ4v) is 4.18. The number of carboxylic acids is 1. The number of carbonyl (C=O) groups excluding carboxylic acids is 1. The first kappa shape index (κ1) is 29.9. The monoisotopic (exact) mass is 440 g/mol. The number of rotatable bonds is 25. The molecule has 0 aliphatic rings. The lowest BCUT2D eigenvalue weighted by molar-refractivity contribution is -0.141. The van der Waals surface area contributed by atoms with Crippen LogP contribution in [0.25, 0.3) is 0 Å². The predicted octanol–water partition coefficient (Wildman–Crippen LogP) is 8.61. The number of ether oxygens (including phenoxy) is 1. The molecular formula is C27H52O4. The molecule has 0 unspecified atom stereocenters. The lowest BCUT2D eigenvalue weighted by Crippen LogP contribution is -1.99. The fraction of sp³-hybridized carbons (Fsp3) is 0.926. The van der Waals surface area contributed by atoms with E-state index >= 15 is 0 Å². The first-order valence-electron chi connectivity index (χ1n) is 13.5. The largest absolute Gasteiger partial charge is 0.481 e. The van der Waals surface area contributed by atoms with Crippen molar-refractivity contribution in [1.29, 1.82) is 0 Å². The van der Waals surface area contributed by atoms with E-state index in [-0.39, 0.29) is 5.97 Å². The van der Waals surface area contributed by atoms with Crippen molar-refractivity contribution in [2.24, 2.45) is 0 Å². The van der Waals surface area contributed by atoms with Crippen LogP contribution in [0.1, 0.15) is 154 Å². The first-order chi connectivity index (χ1) is 15.2. The van der Waals surface area contributed by atoms with Crippen molar-refractivity contribution in [1.82, 2.24) is 0 Å². The number of hydrogen-bond donors (Lipinski definition) is 1. The summed E-state index contributed by atoms with van der Waals surface area (Å²) in [6.45, 7) is 0. The summed E-state index contributed by atoms with van der Waals surface area (Å²) in [5.41, 5.74) is 0. The quantitative estimate of drug-likeness (QED) is 0.114. The van der Waals surface area contributed by atoms with Gasteiger partial charge in [-0.05, 0) is 12.8 Å². The molecule has 0 amide bonds. The molecule has 0 heterocycles. The van der Waals surface area contributed by atoms with Crippen LogP contribution >= 0.6 is 0 Å². The Balaban J connectivity index is 3.03. The zero-order valence-corrected chi connectivity index (χ0v) is 20.6. The number of hydrogen-bond acceptors (Lipinski definition) is 3. The van der Waals surface area contributed by atoms with Gasteiger partial charge in [0, 0.05) is 12.8 Å². The summed E-state index contributed by atoms with van der Waals surface area (Å²) in [4.78, 5) is 21.4. The molecule has 0 spiro atoms. The van der Waals surface area contributed by atoms with Crippen LogP contribution in [0.2, 0.25) is 0 Å². The molecule has 31 heavy (non-hydrogen) atoms. The number of aliphatic carboxylic acids is 1. The molecule has 0 aromatic heterocycles. The van der Waals surface area contributed by atoms with Gasteiger partial charge in [0.1, 0.15) is 0 Å². The molecule has 0 aromatic carbocycles. The van der Waals surface area contributed by atoms with E-state index in [9.17, 15) is 9.59 Å². The Bertz CT molecular complexity index is 395. The van der Waals surface area contributed by atoms with Crippen LogP contribution in [0.3, 0.4) is 0 Å². The van der Waals surface area contributed by atoms with E-state index < -0.39 is 5.97 Å². The van der Waals surface area contributed by atoms with Crippen LogP contribution in [0, 0.1) is 0 Å². The Morgan fingerprint density at radius 2 is 0.677 bits per heavy atom. The van der Waals surface area contributed by atoms with Crippen LogP contribution in [0.4, 0.5) is 0 Å². The number of unbranched alkanes of at least 4 members (excludes halogenated alkanes) is 21. The minimum atomic E-state index is -0.659. The van der Waals surface area contributed by atoms with Gasteiger partial charge in [0.2, 0.25) is 0 Å². The van der Waals surface area contributed by atoms with Crippen LogP contribution in [-0.4, -0.2) is 24.2 Å². The third-order valence-electron chi connectivity index (χ3n) is 6.25. The van der Waals surface area contributed by atoms with E-state index in [4.69, 9.17) is 5.11 Å². The highest BCUT2D eigenvalue weighted by Crippen LogP contribution is 2.15. The summed E-state index contributed by atoms with van der Waals surface area (Å²) in [5, 5.41) is 8.59. The molecule has 4 nitrogen and oxygen atoms in total. The summed E-state index contributed by atoms with van der Waals surface area (Å²) < 4.78 is 4.65. The summed E-state index contributed by atoms with van der Waals surface area (Å²) in [5.74, 6) is -0.734. The number of carboxylic acid groups (broad SMARTS) is 1. The van der Waals surface area contributed by atoms with Gasteiger partial charge in [-0.1, -0.05) is 128 Å². The van der Waals surface area contributed by atoms with Crippen LogP contribution in [0.5, 0.6) is 0 Å². The van der Waals surface area contributed by atoms with E-state index in [1.807, 2.05) is 0 Å². The van der Waals surface area contributed by atoms with E-state index in [0.717, 1.165) is 25.7 Å². The third kappa shape index (κ3) is 26.9. The molecule has 0 aliphatic carbocycles. The molecule has 0 rings (SSSR count). The Kier molecular flexibility index (Phi) is 24.3. The minimum Gasteiger partial charge on any atom is -0.481 e. The topological polar surface area (TPSA) is 63.6 Å². The lowest BCUT2D eigenvalue weighted by Gasteiger charge is -2.04. The van der Waals surface area contributed by atoms with Gasteiger partial charge in [0.25, 0.3) is 0 Å². The molecule has 0 fully saturated rings. The fourth-order valence-electron chi connectivity index (χ4n) is 4.18. The molecular weight excluding hydrogens is 388 g/mol. The van der Waals surface area contributed by atoms with Crippen molar-refractivity contribution < 1.29 is 19.4 Å². The molecule has 0 saturated heterocycles. The Morgan fingerprint density at radius 1 is 0.452 bits per heavy atom. The number of methoxy groups -OCH3 is 1. The lowest BCUT2D eigenvalue weighted by atomic mass is 10.0. The Labute approximate surface area is 192 Å². The smallest absolute Gasteiger partial charge is 0.305 e. The van der Waals surface area contributed by atoms with Gasteiger partial charge in [-0.25, -0.2) is 0 Å². The molecule has 0 atom stereocenters. The molecule has 0 radical (unpaired) electrons. The molecule has 0 aromatic rings. The second kappa shape index (κ2) is 25.2. The summed E-state index contributed by atoms with van der Waals surface area (Å²) >= 11 is 0. The van der Waals surface area contributed by atoms with Crippen LogP contribution < -0.4 is 0 Å². The predicted molar refractivity (Wildman–Crippen MR) is 130 cm³/mol.